The van der Waals surface area contributed by atoms with E-state index in [-0.39, 0.29) is 12.4 Å². The molecule has 2 nitrogen and oxygen atoms in total. The molecule has 0 amide bonds. The normalized spacial score (nSPS) is 10.1. The average Bonchev–Trinajstić information content (AvgIpc) is 2.68. The van der Waals surface area contributed by atoms with Crippen LogP contribution in [0.5, 0.6) is 0 Å². The van der Waals surface area contributed by atoms with Crippen LogP contribution in [0.25, 0.3) is 10.1 Å². The van der Waals surface area contributed by atoms with E-state index < -0.39 is 0 Å². The van der Waals surface area contributed by atoms with Crippen LogP contribution in [0, 0.1) is 0 Å². The Morgan fingerprint density at radius 1 is 1.38 bits per heavy atom. The van der Waals surface area contributed by atoms with Gasteiger partial charge in [-0.3, -0.25) is 5.84 Å². The fourth-order valence-electron chi connectivity index (χ4n) is 1.73. The van der Waals surface area contributed by atoms with Crippen molar-refractivity contribution < 1.29 is 0 Å². The summed E-state index contributed by atoms with van der Waals surface area (Å²) in [6, 6.07) is 6.28. The van der Waals surface area contributed by atoms with Gasteiger partial charge >= 0.3 is 0 Å². The van der Waals surface area contributed by atoms with Crippen LogP contribution >= 0.6 is 23.7 Å². The van der Waals surface area contributed by atoms with E-state index in [4.69, 9.17) is 5.84 Å². The molecule has 0 saturated heterocycles. The molecule has 0 radical (unpaired) electrons. The molecule has 1 aromatic carbocycles. The first-order chi connectivity index (χ1) is 7.35. The molecule has 2 rings (SSSR count). The van der Waals surface area contributed by atoms with E-state index in [1.165, 1.54) is 34.9 Å². The van der Waals surface area contributed by atoms with Gasteiger partial charge in [0.2, 0.25) is 0 Å². The summed E-state index contributed by atoms with van der Waals surface area (Å²) in [5.74, 6) is 5.41. The van der Waals surface area contributed by atoms with Crippen molar-refractivity contribution in [1.82, 2.24) is 0 Å². The zero-order valence-corrected chi connectivity index (χ0v) is 11.0. The highest BCUT2D eigenvalue weighted by Crippen LogP contribution is 2.29. The third-order valence-corrected chi connectivity index (χ3v) is 3.63. The summed E-state index contributed by atoms with van der Waals surface area (Å²) in [5.41, 5.74) is 5.13. The maximum atomic E-state index is 5.41. The number of nitrogens with one attached hydrogen (secondary N) is 1. The highest BCUT2D eigenvalue weighted by Gasteiger charge is 2.04. The van der Waals surface area contributed by atoms with Crippen LogP contribution < -0.4 is 11.3 Å². The second-order valence-corrected chi connectivity index (χ2v) is 4.63. The lowest BCUT2D eigenvalue weighted by molar-refractivity contribution is 0.800. The Morgan fingerprint density at radius 3 is 2.88 bits per heavy atom. The maximum absolute atomic E-state index is 5.41. The highest BCUT2D eigenvalue weighted by molar-refractivity contribution is 7.17. The van der Waals surface area contributed by atoms with Crippen molar-refractivity contribution >= 4 is 39.5 Å². The number of hydrazine groups is 1. The van der Waals surface area contributed by atoms with E-state index in [2.05, 4.69) is 29.9 Å². The topological polar surface area (TPSA) is 38.0 Å². The number of thiophene rings is 1. The second-order valence-electron chi connectivity index (χ2n) is 3.72. The second kappa shape index (κ2) is 6.09. The SMILES string of the molecule is CCCCc1csc2ccc(NN)cc12.Cl. The van der Waals surface area contributed by atoms with Gasteiger partial charge in [-0.05, 0) is 47.4 Å². The van der Waals surface area contributed by atoms with Crippen molar-refractivity contribution in [3.8, 4) is 0 Å². The van der Waals surface area contributed by atoms with Crippen LogP contribution in [0.3, 0.4) is 0 Å². The molecule has 4 heteroatoms. The molecule has 0 aliphatic carbocycles. The number of fused-ring (bicyclic) bond motifs is 1. The van der Waals surface area contributed by atoms with Crippen LogP contribution in [0.4, 0.5) is 5.69 Å². The van der Waals surface area contributed by atoms with Crippen molar-refractivity contribution in [3.63, 3.8) is 0 Å². The Bertz CT molecular complexity index is 453. The van der Waals surface area contributed by atoms with Gasteiger partial charge < -0.3 is 5.43 Å². The van der Waals surface area contributed by atoms with Gasteiger partial charge in [0.05, 0.1) is 0 Å². The molecule has 1 heterocycles. The van der Waals surface area contributed by atoms with E-state index in [0.29, 0.717) is 0 Å². The van der Waals surface area contributed by atoms with Crippen molar-refractivity contribution in [3.05, 3.63) is 29.1 Å². The summed E-state index contributed by atoms with van der Waals surface area (Å²) >= 11 is 1.81. The monoisotopic (exact) mass is 256 g/mol. The standard InChI is InChI=1S/C12H16N2S.ClH/c1-2-3-4-9-8-15-12-6-5-10(14-13)7-11(9)12;/h5-8,14H,2-4,13H2,1H3;1H. The molecular weight excluding hydrogens is 240 g/mol. The van der Waals surface area contributed by atoms with Gasteiger partial charge in [-0.25, -0.2) is 0 Å². The van der Waals surface area contributed by atoms with E-state index >= 15 is 0 Å². The van der Waals surface area contributed by atoms with Crippen LogP contribution in [-0.4, -0.2) is 0 Å². The van der Waals surface area contributed by atoms with E-state index in [1.807, 2.05) is 17.4 Å². The summed E-state index contributed by atoms with van der Waals surface area (Å²) in [6.07, 6.45) is 3.67. The Kier molecular flexibility index (Phi) is 5.06. The summed E-state index contributed by atoms with van der Waals surface area (Å²) in [5, 5.41) is 3.62. The summed E-state index contributed by atoms with van der Waals surface area (Å²) < 4.78 is 1.35. The summed E-state index contributed by atoms with van der Waals surface area (Å²) in [4.78, 5) is 0. The van der Waals surface area contributed by atoms with Gasteiger partial charge in [0.25, 0.3) is 0 Å². The third-order valence-electron chi connectivity index (χ3n) is 2.62. The largest absolute Gasteiger partial charge is 0.324 e. The van der Waals surface area contributed by atoms with Crippen LogP contribution in [0.1, 0.15) is 25.3 Å². The fraction of sp³-hybridized carbons (Fsp3) is 0.333. The number of aryl methyl sites for hydroxylation is 1. The first-order valence-corrected chi connectivity index (χ1v) is 6.20. The number of nitrogens with two attached hydrogens (primary N) is 1. The van der Waals surface area contributed by atoms with Crippen molar-refractivity contribution in [2.24, 2.45) is 5.84 Å². The predicted molar refractivity (Wildman–Crippen MR) is 75.5 cm³/mol. The quantitative estimate of drug-likeness (QED) is 0.642. The lowest BCUT2D eigenvalue weighted by atomic mass is 10.1. The average molecular weight is 257 g/mol. The number of anilines is 1. The van der Waals surface area contributed by atoms with Crippen molar-refractivity contribution in [2.75, 3.05) is 5.43 Å². The smallest absolute Gasteiger partial charge is 0.0492 e. The van der Waals surface area contributed by atoms with Gasteiger partial charge in [0, 0.05) is 10.4 Å². The van der Waals surface area contributed by atoms with Gasteiger partial charge in [0.1, 0.15) is 0 Å². The molecule has 88 valence electrons. The van der Waals surface area contributed by atoms with E-state index in [9.17, 15) is 0 Å². The zero-order valence-electron chi connectivity index (χ0n) is 9.32. The van der Waals surface area contributed by atoms with Crippen molar-refractivity contribution in [1.29, 1.82) is 0 Å². The molecule has 1 aromatic heterocycles. The fourth-order valence-corrected chi connectivity index (χ4v) is 2.71. The Hall–Kier alpha value is -0.770. The van der Waals surface area contributed by atoms with Gasteiger partial charge in [0.15, 0.2) is 0 Å². The third kappa shape index (κ3) is 2.67. The van der Waals surface area contributed by atoms with E-state index in [1.54, 1.807) is 0 Å². The molecule has 0 bridgehead atoms. The first kappa shape index (κ1) is 13.3. The zero-order chi connectivity index (χ0) is 10.7. The lowest BCUT2D eigenvalue weighted by Gasteiger charge is -2.01. The molecule has 16 heavy (non-hydrogen) atoms. The van der Waals surface area contributed by atoms with Gasteiger partial charge in [-0.2, -0.15) is 0 Å². The first-order valence-electron chi connectivity index (χ1n) is 5.32. The van der Waals surface area contributed by atoms with Crippen LogP contribution in [0.2, 0.25) is 0 Å². The van der Waals surface area contributed by atoms with Crippen LogP contribution in [0.15, 0.2) is 23.6 Å². The minimum atomic E-state index is 0. The van der Waals surface area contributed by atoms with Crippen molar-refractivity contribution in [2.45, 2.75) is 26.2 Å². The number of rotatable bonds is 4. The maximum Gasteiger partial charge on any atom is 0.0492 e. The number of nitrogen functional groups attached to an aromatic ring is 1. The molecule has 0 unspecified atom stereocenters. The minimum Gasteiger partial charge on any atom is -0.324 e. The predicted octanol–water partition coefficient (Wildman–Crippen LogP) is 3.95. The molecule has 0 saturated carbocycles. The molecule has 3 N–H and O–H groups in total. The molecule has 0 aliphatic rings. The van der Waals surface area contributed by atoms with E-state index in [0.717, 1.165) is 5.69 Å². The number of hydrogen-bond donors (Lipinski definition) is 2. The number of hydrogen-bond acceptors (Lipinski definition) is 3. The Labute approximate surface area is 106 Å². The molecular formula is C12H17ClN2S. The van der Waals surface area contributed by atoms with Gasteiger partial charge in [-0.15, -0.1) is 23.7 Å². The minimum absolute atomic E-state index is 0. The molecule has 2 aromatic rings. The Morgan fingerprint density at radius 2 is 2.19 bits per heavy atom. The molecule has 0 atom stereocenters. The number of halogens is 1. The summed E-state index contributed by atoms with van der Waals surface area (Å²) in [6.45, 7) is 2.22. The highest BCUT2D eigenvalue weighted by atomic mass is 35.5. The van der Waals surface area contributed by atoms with Gasteiger partial charge in [-0.1, -0.05) is 13.3 Å². The number of unbranched alkanes of at least 4 members (excludes halogenated alkanes) is 1. The molecule has 0 fully saturated rings. The summed E-state index contributed by atoms with van der Waals surface area (Å²) in [7, 11) is 0. The molecule has 0 aliphatic heterocycles. The molecule has 0 spiro atoms. The lowest BCUT2D eigenvalue weighted by Crippen LogP contribution is -2.06. The Balaban J connectivity index is 0.00000128. The number of benzene rings is 1. The van der Waals surface area contributed by atoms with Crippen LogP contribution in [-0.2, 0) is 6.42 Å².